The Kier molecular flexibility index (Phi) is 5.53. The van der Waals surface area contributed by atoms with Crippen LogP contribution in [-0.2, 0) is 6.54 Å². The molecule has 1 aromatic carbocycles. The third-order valence-corrected chi connectivity index (χ3v) is 5.68. The Morgan fingerprint density at radius 3 is 2.58 bits per heavy atom. The number of hydrogen-bond acceptors (Lipinski definition) is 4. The van der Waals surface area contributed by atoms with Gasteiger partial charge in [-0.3, -0.25) is 9.69 Å². The van der Waals surface area contributed by atoms with Crippen LogP contribution in [0.25, 0.3) is 0 Å². The molecule has 2 heterocycles. The van der Waals surface area contributed by atoms with Crippen LogP contribution in [-0.4, -0.2) is 49.0 Å². The summed E-state index contributed by atoms with van der Waals surface area (Å²) in [5.41, 5.74) is 0.912. The maximum atomic E-state index is 13.8. The molecule has 2 aromatic rings. The zero-order valence-corrected chi connectivity index (χ0v) is 15.7. The predicted molar refractivity (Wildman–Crippen MR) is 96.2 cm³/mol. The minimum atomic E-state index is -0.341. The highest BCUT2D eigenvalue weighted by Gasteiger charge is 2.23. The number of benzene rings is 1. The van der Waals surface area contributed by atoms with Crippen molar-refractivity contribution < 1.29 is 13.9 Å². The maximum absolute atomic E-state index is 13.8. The second-order valence-electron chi connectivity index (χ2n) is 5.64. The largest absolute Gasteiger partial charge is 0.494 e. The average Bonchev–Trinajstić information content (AvgIpc) is 3.02. The Bertz CT molecular complexity index is 729. The van der Waals surface area contributed by atoms with Crippen LogP contribution in [0.2, 0.25) is 0 Å². The molecular formula is C17H18BrFN2O2S. The van der Waals surface area contributed by atoms with Gasteiger partial charge in [0.1, 0.15) is 0 Å². The summed E-state index contributed by atoms with van der Waals surface area (Å²) < 4.78 is 19.7. The number of carbonyl (C=O) groups is 1. The van der Waals surface area contributed by atoms with E-state index in [0.29, 0.717) is 19.6 Å². The fourth-order valence-corrected chi connectivity index (χ4v) is 4.11. The van der Waals surface area contributed by atoms with Crippen molar-refractivity contribution in [2.24, 2.45) is 0 Å². The zero-order valence-electron chi connectivity index (χ0n) is 13.3. The van der Waals surface area contributed by atoms with Gasteiger partial charge in [-0.05, 0) is 45.8 Å². The van der Waals surface area contributed by atoms with E-state index in [1.54, 1.807) is 6.07 Å². The van der Waals surface area contributed by atoms with E-state index in [0.717, 1.165) is 27.3 Å². The number of thiophene rings is 1. The Balaban J connectivity index is 1.55. The molecule has 1 aliphatic rings. The van der Waals surface area contributed by atoms with Gasteiger partial charge in [0.15, 0.2) is 11.6 Å². The van der Waals surface area contributed by atoms with Crippen LogP contribution in [0.15, 0.2) is 34.1 Å². The lowest BCUT2D eigenvalue weighted by atomic mass is 10.1. The topological polar surface area (TPSA) is 32.8 Å². The van der Waals surface area contributed by atoms with Gasteiger partial charge in [0, 0.05) is 32.7 Å². The number of piperazine rings is 1. The molecule has 0 bridgehead atoms. The molecule has 0 spiro atoms. The molecule has 0 N–H and O–H groups in total. The molecule has 128 valence electrons. The molecule has 24 heavy (non-hydrogen) atoms. The molecule has 3 rings (SSSR count). The molecule has 0 atom stereocenters. The number of ether oxygens (including phenoxy) is 1. The molecule has 0 unspecified atom stereocenters. The second-order valence-corrected chi connectivity index (χ2v) is 8.10. The lowest BCUT2D eigenvalue weighted by Crippen LogP contribution is -2.48. The highest BCUT2D eigenvalue weighted by Crippen LogP contribution is 2.24. The number of hydrogen-bond donors (Lipinski definition) is 0. The van der Waals surface area contributed by atoms with E-state index in [9.17, 15) is 9.18 Å². The monoisotopic (exact) mass is 412 g/mol. The number of nitrogens with zero attached hydrogens (tertiary/aromatic N) is 2. The van der Waals surface area contributed by atoms with Gasteiger partial charge >= 0.3 is 0 Å². The van der Waals surface area contributed by atoms with Crippen molar-refractivity contribution in [3.05, 3.63) is 50.4 Å². The van der Waals surface area contributed by atoms with Crippen LogP contribution >= 0.6 is 27.3 Å². The normalized spacial score (nSPS) is 15.5. The Morgan fingerprint density at radius 2 is 2.00 bits per heavy atom. The van der Waals surface area contributed by atoms with Gasteiger partial charge in [-0.2, -0.15) is 0 Å². The summed E-state index contributed by atoms with van der Waals surface area (Å²) in [6.07, 6.45) is 0. The van der Waals surface area contributed by atoms with Crippen molar-refractivity contribution >= 4 is 33.2 Å². The Morgan fingerprint density at radius 1 is 1.25 bits per heavy atom. The summed E-state index contributed by atoms with van der Waals surface area (Å²) in [6.45, 7) is 3.62. The Labute approximate surface area is 153 Å². The summed E-state index contributed by atoms with van der Waals surface area (Å²) in [7, 11) is 1.46. The average molecular weight is 413 g/mol. The van der Waals surface area contributed by atoms with E-state index in [-0.39, 0.29) is 17.5 Å². The van der Waals surface area contributed by atoms with Gasteiger partial charge in [-0.25, -0.2) is 4.39 Å². The minimum Gasteiger partial charge on any atom is -0.494 e. The van der Waals surface area contributed by atoms with E-state index in [4.69, 9.17) is 4.74 Å². The second kappa shape index (κ2) is 7.63. The van der Waals surface area contributed by atoms with Gasteiger partial charge in [-0.1, -0.05) is 6.07 Å². The van der Waals surface area contributed by atoms with E-state index in [1.807, 2.05) is 23.1 Å². The SMILES string of the molecule is COc1ccc(CN2CCN(C(=O)c3ccc(Br)s3)CC2)cc1F. The fraction of sp³-hybridized carbons (Fsp3) is 0.353. The van der Waals surface area contributed by atoms with Crippen molar-refractivity contribution in [3.8, 4) is 5.75 Å². The van der Waals surface area contributed by atoms with Crippen molar-refractivity contribution in [2.45, 2.75) is 6.54 Å². The predicted octanol–water partition coefficient (Wildman–Crippen LogP) is 3.62. The summed E-state index contributed by atoms with van der Waals surface area (Å²) in [6, 6.07) is 8.79. The standard InChI is InChI=1S/C17H18BrFN2O2S/c1-23-14-3-2-12(10-13(14)19)11-20-6-8-21(9-7-20)17(22)15-4-5-16(18)24-15/h2-5,10H,6-9,11H2,1H3. The van der Waals surface area contributed by atoms with Crippen LogP contribution in [0.5, 0.6) is 5.75 Å². The number of halogens is 2. The highest BCUT2D eigenvalue weighted by molar-refractivity contribution is 9.11. The molecule has 4 nitrogen and oxygen atoms in total. The van der Waals surface area contributed by atoms with Crippen LogP contribution in [0, 0.1) is 5.82 Å². The van der Waals surface area contributed by atoms with E-state index in [1.165, 1.54) is 24.5 Å². The van der Waals surface area contributed by atoms with E-state index in [2.05, 4.69) is 20.8 Å². The molecule has 1 aromatic heterocycles. The van der Waals surface area contributed by atoms with Crippen molar-refractivity contribution in [1.29, 1.82) is 0 Å². The fourth-order valence-electron chi connectivity index (χ4n) is 2.76. The molecule has 1 aliphatic heterocycles. The highest BCUT2D eigenvalue weighted by atomic mass is 79.9. The summed E-state index contributed by atoms with van der Waals surface area (Å²) >= 11 is 4.84. The first-order chi connectivity index (χ1) is 11.6. The van der Waals surface area contributed by atoms with Gasteiger partial charge in [-0.15, -0.1) is 11.3 Å². The lowest BCUT2D eigenvalue weighted by Gasteiger charge is -2.34. The summed E-state index contributed by atoms with van der Waals surface area (Å²) in [5.74, 6) is 0.00389. The van der Waals surface area contributed by atoms with Crippen LogP contribution in [0.1, 0.15) is 15.2 Å². The smallest absolute Gasteiger partial charge is 0.264 e. The zero-order chi connectivity index (χ0) is 17.1. The lowest BCUT2D eigenvalue weighted by molar-refractivity contribution is 0.0633. The van der Waals surface area contributed by atoms with Crippen molar-refractivity contribution in [1.82, 2.24) is 9.80 Å². The van der Waals surface area contributed by atoms with Crippen LogP contribution in [0.3, 0.4) is 0 Å². The number of carbonyl (C=O) groups excluding carboxylic acids is 1. The van der Waals surface area contributed by atoms with Crippen molar-refractivity contribution in [2.75, 3.05) is 33.3 Å². The third kappa shape index (κ3) is 3.96. The van der Waals surface area contributed by atoms with Gasteiger partial charge in [0.2, 0.25) is 0 Å². The van der Waals surface area contributed by atoms with Crippen LogP contribution < -0.4 is 4.74 Å². The molecule has 1 fully saturated rings. The van der Waals surface area contributed by atoms with Crippen LogP contribution in [0.4, 0.5) is 4.39 Å². The number of methoxy groups -OCH3 is 1. The molecule has 0 saturated carbocycles. The molecular weight excluding hydrogens is 395 g/mol. The molecule has 7 heteroatoms. The molecule has 1 amide bonds. The maximum Gasteiger partial charge on any atom is 0.264 e. The Hall–Kier alpha value is -1.44. The minimum absolute atomic E-state index is 0.0841. The molecule has 0 radical (unpaired) electrons. The first kappa shape index (κ1) is 17.4. The van der Waals surface area contributed by atoms with Crippen molar-refractivity contribution in [3.63, 3.8) is 0 Å². The van der Waals surface area contributed by atoms with Gasteiger partial charge in [0.05, 0.1) is 15.8 Å². The van der Waals surface area contributed by atoms with Gasteiger partial charge < -0.3 is 9.64 Å². The first-order valence-electron chi connectivity index (χ1n) is 7.66. The number of amides is 1. The number of rotatable bonds is 4. The third-order valence-electron chi connectivity index (χ3n) is 4.07. The van der Waals surface area contributed by atoms with E-state index >= 15 is 0 Å². The van der Waals surface area contributed by atoms with Gasteiger partial charge in [0.25, 0.3) is 5.91 Å². The molecule has 0 aliphatic carbocycles. The summed E-state index contributed by atoms with van der Waals surface area (Å²) in [5, 5.41) is 0. The first-order valence-corrected chi connectivity index (χ1v) is 9.27. The quantitative estimate of drug-likeness (QED) is 0.768. The molecule has 1 saturated heterocycles. The summed E-state index contributed by atoms with van der Waals surface area (Å²) in [4.78, 5) is 17.3. The van der Waals surface area contributed by atoms with E-state index < -0.39 is 0 Å².